The van der Waals surface area contributed by atoms with E-state index < -0.39 is 0 Å². The van der Waals surface area contributed by atoms with Crippen molar-refractivity contribution in [2.24, 2.45) is 0 Å². The van der Waals surface area contributed by atoms with Gasteiger partial charge in [0.1, 0.15) is 0 Å². The molecular formula is C6H9IN2. The molecular weight excluding hydrogens is 227 g/mol. The lowest BCUT2D eigenvalue weighted by molar-refractivity contribution is 0.602. The molecule has 3 heteroatoms. The summed E-state index contributed by atoms with van der Waals surface area (Å²) >= 11 is 2.26. The molecule has 0 unspecified atom stereocenters. The molecule has 1 aromatic rings. The minimum atomic E-state index is 1.03. The van der Waals surface area contributed by atoms with E-state index in [4.69, 9.17) is 0 Å². The number of hydrogen-bond donors (Lipinski definition) is 0. The lowest BCUT2D eigenvalue weighted by Gasteiger charge is -1.93. The topological polar surface area (TPSA) is 17.8 Å². The van der Waals surface area contributed by atoms with Crippen molar-refractivity contribution < 1.29 is 0 Å². The molecule has 0 aliphatic rings. The van der Waals surface area contributed by atoms with E-state index in [1.165, 1.54) is 3.57 Å². The fourth-order valence-corrected chi connectivity index (χ4v) is 1.14. The van der Waals surface area contributed by atoms with Crippen LogP contribution < -0.4 is 0 Å². The van der Waals surface area contributed by atoms with E-state index in [9.17, 15) is 0 Å². The number of nitrogens with zero attached hydrogens (tertiary/aromatic N) is 2. The average molecular weight is 236 g/mol. The Morgan fingerprint density at radius 3 is 3.00 bits per heavy atom. The van der Waals surface area contributed by atoms with Gasteiger partial charge in [-0.1, -0.05) is 6.92 Å². The highest BCUT2D eigenvalue weighted by Crippen LogP contribution is 2.00. The van der Waals surface area contributed by atoms with E-state index in [1.54, 1.807) is 0 Å². The van der Waals surface area contributed by atoms with Gasteiger partial charge in [0.2, 0.25) is 0 Å². The summed E-state index contributed by atoms with van der Waals surface area (Å²) in [7, 11) is 0. The zero-order valence-electron chi connectivity index (χ0n) is 5.34. The van der Waals surface area contributed by atoms with Crippen LogP contribution >= 0.6 is 22.6 Å². The van der Waals surface area contributed by atoms with Crippen molar-refractivity contribution in [3.63, 3.8) is 0 Å². The van der Waals surface area contributed by atoms with Crippen LogP contribution in [0.1, 0.15) is 13.3 Å². The molecule has 0 spiro atoms. The molecule has 0 fully saturated rings. The maximum absolute atomic E-state index is 4.11. The summed E-state index contributed by atoms with van der Waals surface area (Å²) < 4.78 is 3.17. The largest absolute Gasteiger partial charge is 0.272 e. The average Bonchev–Trinajstić information content (AvgIpc) is 2.17. The van der Waals surface area contributed by atoms with E-state index in [0.29, 0.717) is 0 Å². The third-order valence-corrected chi connectivity index (χ3v) is 1.61. The van der Waals surface area contributed by atoms with Crippen molar-refractivity contribution in [3.8, 4) is 0 Å². The van der Waals surface area contributed by atoms with Crippen LogP contribution in [0.3, 0.4) is 0 Å². The van der Waals surface area contributed by atoms with Gasteiger partial charge in [-0.3, -0.25) is 4.68 Å². The molecule has 0 radical (unpaired) electrons. The summed E-state index contributed by atoms with van der Waals surface area (Å²) in [4.78, 5) is 0. The van der Waals surface area contributed by atoms with Crippen LogP contribution in [0.15, 0.2) is 12.4 Å². The van der Waals surface area contributed by atoms with E-state index in [0.717, 1.165) is 13.0 Å². The summed E-state index contributed by atoms with van der Waals surface area (Å²) in [6, 6.07) is 0. The Morgan fingerprint density at radius 1 is 1.78 bits per heavy atom. The van der Waals surface area contributed by atoms with Crippen molar-refractivity contribution in [3.05, 3.63) is 16.0 Å². The summed E-state index contributed by atoms with van der Waals surface area (Å²) in [5.41, 5.74) is 0. The molecule has 50 valence electrons. The van der Waals surface area contributed by atoms with Crippen LogP contribution in [0.2, 0.25) is 0 Å². The number of rotatable bonds is 2. The Labute approximate surface area is 68.4 Å². The van der Waals surface area contributed by atoms with Crippen LogP contribution in [-0.4, -0.2) is 9.78 Å². The van der Waals surface area contributed by atoms with Gasteiger partial charge in [0.15, 0.2) is 0 Å². The van der Waals surface area contributed by atoms with Crippen molar-refractivity contribution in [2.75, 3.05) is 0 Å². The number of hydrogen-bond acceptors (Lipinski definition) is 1. The lowest BCUT2D eigenvalue weighted by Crippen LogP contribution is -1.95. The second-order valence-corrected chi connectivity index (χ2v) is 3.17. The van der Waals surface area contributed by atoms with Gasteiger partial charge in [-0.15, -0.1) is 0 Å². The molecule has 0 N–H and O–H groups in total. The molecule has 0 aliphatic carbocycles. The fourth-order valence-electron chi connectivity index (χ4n) is 0.690. The van der Waals surface area contributed by atoms with Crippen molar-refractivity contribution in [1.29, 1.82) is 0 Å². The van der Waals surface area contributed by atoms with Crippen LogP contribution in [-0.2, 0) is 6.54 Å². The maximum Gasteiger partial charge on any atom is 0.0623 e. The van der Waals surface area contributed by atoms with Crippen molar-refractivity contribution >= 4 is 22.6 Å². The summed E-state index contributed by atoms with van der Waals surface area (Å²) in [5.74, 6) is 0. The highest BCUT2D eigenvalue weighted by Gasteiger charge is 1.90. The molecule has 1 rings (SSSR count). The Morgan fingerprint density at radius 2 is 2.56 bits per heavy atom. The first-order valence-electron chi connectivity index (χ1n) is 3.01. The molecule has 0 aromatic carbocycles. The van der Waals surface area contributed by atoms with Gasteiger partial charge in [-0.2, -0.15) is 5.10 Å². The zero-order valence-corrected chi connectivity index (χ0v) is 7.50. The maximum atomic E-state index is 4.11. The van der Waals surface area contributed by atoms with E-state index in [-0.39, 0.29) is 0 Å². The number of aromatic nitrogens is 2. The van der Waals surface area contributed by atoms with Crippen LogP contribution in [0.25, 0.3) is 0 Å². The van der Waals surface area contributed by atoms with Gasteiger partial charge in [0, 0.05) is 12.7 Å². The normalized spacial score (nSPS) is 10.0. The molecule has 0 bridgehead atoms. The zero-order chi connectivity index (χ0) is 6.69. The molecule has 9 heavy (non-hydrogen) atoms. The minimum Gasteiger partial charge on any atom is -0.272 e. The monoisotopic (exact) mass is 236 g/mol. The summed E-state index contributed by atoms with van der Waals surface area (Å²) in [6.07, 6.45) is 5.07. The number of aryl methyl sites for hydroxylation is 1. The highest BCUT2D eigenvalue weighted by atomic mass is 127. The van der Waals surface area contributed by atoms with Crippen LogP contribution in [0.5, 0.6) is 0 Å². The first-order valence-corrected chi connectivity index (χ1v) is 4.08. The molecule has 2 nitrogen and oxygen atoms in total. The molecule has 1 heterocycles. The molecule has 1 aromatic heterocycles. The predicted octanol–water partition coefficient (Wildman–Crippen LogP) is 1.90. The Balaban J connectivity index is 2.61. The van der Waals surface area contributed by atoms with Gasteiger partial charge in [-0.25, -0.2) is 0 Å². The van der Waals surface area contributed by atoms with Gasteiger partial charge in [0.05, 0.1) is 9.77 Å². The molecule has 0 saturated carbocycles. The lowest BCUT2D eigenvalue weighted by atomic mass is 10.5. The standard InChI is InChI=1S/C6H9IN2/c1-2-3-9-5-6(7)4-8-9/h4-5H,2-3H2,1H3. The highest BCUT2D eigenvalue weighted by molar-refractivity contribution is 14.1. The number of halogens is 1. The van der Waals surface area contributed by atoms with Gasteiger partial charge >= 0.3 is 0 Å². The first kappa shape index (κ1) is 7.05. The van der Waals surface area contributed by atoms with Crippen molar-refractivity contribution in [2.45, 2.75) is 19.9 Å². The van der Waals surface area contributed by atoms with Gasteiger partial charge < -0.3 is 0 Å². The Hall–Kier alpha value is -0.0600. The summed E-state index contributed by atoms with van der Waals surface area (Å²) in [5, 5.41) is 4.11. The first-order chi connectivity index (χ1) is 4.33. The molecule has 0 aliphatic heterocycles. The molecule has 0 saturated heterocycles. The third-order valence-electron chi connectivity index (χ3n) is 1.05. The SMILES string of the molecule is CCCn1cc(I)cn1. The molecule has 0 amide bonds. The van der Waals surface area contributed by atoms with Crippen LogP contribution in [0.4, 0.5) is 0 Å². The van der Waals surface area contributed by atoms with Gasteiger partial charge in [-0.05, 0) is 29.0 Å². The second kappa shape index (κ2) is 3.20. The smallest absolute Gasteiger partial charge is 0.0623 e. The fraction of sp³-hybridized carbons (Fsp3) is 0.500. The minimum absolute atomic E-state index is 1.03. The van der Waals surface area contributed by atoms with E-state index in [1.807, 2.05) is 17.1 Å². The van der Waals surface area contributed by atoms with Crippen LogP contribution in [0, 0.1) is 3.57 Å². The van der Waals surface area contributed by atoms with Crippen molar-refractivity contribution in [1.82, 2.24) is 9.78 Å². The predicted molar refractivity (Wildman–Crippen MR) is 45.2 cm³/mol. The molecule has 0 atom stereocenters. The van der Waals surface area contributed by atoms with Gasteiger partial charge in [0.25, 0.3) is 0 Å². The van der Waals surface area contributed by atoms with E-state index >= 15 is 0 Å². The second-order valence-electron chi connectivity index (χ2n) is 1.92. The quantitative estimate of drug-likeness (QED) is 0.717. The van der Waals surface area contributed by atoms with E-state index in [2.05, 4.69) is 34.6 Å². The Bertz CT molecular complexity index is 183. The Kier molecular flexibility index (Phi) is 2.50. The summed E-state index contributed by atoms with van der Waals surface area (Å²) in [6.45, 7) is 3.18. The third kappa shape index (κ3) is 1.97.